The molecule has 0 aliphatic rings. The molecule has 3 aromatic rings. The molecular weight excluding hydrogens is 198 g/mol. The average Bonchev–Trinajstić information content (AvgIpc) is 2.72. The molecule has 0 bridgehead atoms. The van der Waals surface area contributed by atoms with Gasteiger partial charge in [0.15, 0.2) is 0 Å². The molecule has 1 N–H and O–H groups in total. The maximum absolute atomic E-state index is 4.03. The molecule has 0 aliphatic heterocycles. The third-order valence-electron chi connectivity index (χ3n) is 2.78. The zero-order chi connectivity index (χ0) is 11.0. The number of H-pyrrole nitrogens is 1. The topological polar surface area (TPSA) is 41.6 Å². The molecule has 0 saturated heterocycles. The van der Waals surface area contributed by atoms with E-state index in [9.17, 15) is 0 Å². The zero-order valence-corrected chi connectivity index (χ0v) is 8.94. The smallest absolute Gasteiger partial charge is 0.115 e. The lowest BCUT2D eigenvalue weighted by Gasteiger charge is -2.00. The van der Waals surface area contributed by atoms with Crippen molar-refractivity contribution in [3.8, 4) is 11.1 Å². The van der Waals surface area contributed by atoms with Gasteiger partial charge in [0.2, 0.25) is 0 Å². The van der Waals surface area contributed by atoms with E-state index in [0.717, 1.165) is 16.6 Å². The SMILES string of the molecule is Cc1c[nH]c2cc(-c3cncnc3)ccc12. The number of aromatic amines is 1. The van der Waals surface area contributed by atoms with Gasteiger partial charge >= 0.3 is 0 Å². The van der Waals surface area contributed by atoms with Crippen molar-refractivity contribution in [2.45, 2.75) is 6.92 Å². The first kappa shape index (κ1) is 9.09. The van der Waals surface area contributed by atoms with Crippen LogP contribution in [0.5, 0.6) is 0 Å². The van der Waals surface area contributed by atoms with Crippen LogP contribution < -0.4 is 0 Å². The summed E-state index contributed by atoms with van der Waals surface area (Å²) in [5, 5.41) is 1.26. The van der Waals surface area contributed by atoms with Crippen LogP contribution in [-0.2, 0) is 0 Å². The lowest BCUT2D eigenvalue weighted by atomic mass is 10.1. The van der Waals surface area contributed by atoms with E-state index in [1.165, 1.54) is 10.9 Å². The van der Waals surface area contributed by atoms with E-state index in [-0.39, 0.29) is 0 Å². The Morgan fingerprint density at radius 1 is 1.06 bits per heavy atom. The summed E-state index contributed by atoms with van der Waals surface area (Å²) in [6.45, 7) is 2.10. The molecule has 78 valence electrons. The van der Waals surface area contributed by atoms with Gasteiger partial charge in [0, 0.05) is 35.1 Å². The minimum absolute atomic E-state index is 1.04. The summed E-state index contributed by atoms with van der Waals surface area (Å²) in [6, 6.07) is 6.35. The molecule has 16 heavy (non-hydrogen) atoms. The van der Waals surface area contributed by atoms with E-state index in [1.807, 2.05) is 18.6 Å². The van der Waals surface area contributed by atoms with Gasteiger partial charge in [-0.3, -0.25) is 0 Å². The van der Waals surface area contributed by atoms with Gasteiger partial charge in [-0.1, -0.05) is 12.1 Å². The summed E-state index contributed by atoms with van der Waals surface area (Å²) >= 11 is 0. The number of benzene rings is 1. The number of nitrogens with zero attached hydrogens (tertiary/aromatic N) is 2. The second kappa shape index (κ2) is 3.45. The lowest BCUT2D eigenvalue weighted by Crippen LogP contribution is -1.82. The predicted octanol–water partition coefficient (Wildman–Crippen LogP) is 2.93. The van der Waals surface area contributed by atoms with Crippen molar-refractivity contribution in [2.24, 2.45) is 0 Å². The number of hydrogen-bond donors (Lipinski definition) is 1. The van der Waals surface area contributed by atoms with E-state index < -0.39 is 0 Å². The number of nitrogens with one attached hydrogen (secondary N) is 1. The van der Waals surface area contributed by atoms with Crippen molar-refractivity contribution >= 4 is 10.9 Å². The fourth-order valence-corrected chi connectivity index (χ4v) is 1.90. The van der Waals surface area contributed by atoms with Gasteiger partial charge in [-0.25, -0.2) is 9.97 Å². The van der Waals surface area contributed by atoms with Crippen LogP contribution in [0, 0.1) is 6.92 Å². The molecule has 0 atom stereocenters. The Labute approximate surface area is 93.2 Å². The number of aromatic nitrogens is 3. The first-order valence-electron chi connectivity index (χ1n) is 5.18. The zero-order valence-electron chi connectivity index (χ0n) is 8.94. The molecule has 0 spiro atoms. The Hall–Kier alpha value is -2.16. The fraction of sp³-hybridized carbons (Fsp3) is 0.0769. The van der Waals surface area contributed by atoms with Gasteiger partial charge in [0.05, 0.1) is 0 Å². The van der Waals surface area contributed by atoms with E-state index in [4.69, 9.17) is 0 Å². The van der Waals surface area contributed by atoms with E-state index in [0.29, 0.717) is 0 Å². The van der Waals surface area contributed by atoms with Gasteiger partial charge in [0.1, 0.15) is 6.33 Å². The molecule has 0 aliphatic carbocycles. The van der Waals surface area contributed by atoms with Crippen molar-refractivity contribution in [1.82, 2.24) is 15.0 Å². The highest BCUT2D eigenvalue weighted by Gasteiger charge is 2.02. The summed E-state index contributed by atoms with van der Waals surface area (Å²) in [5.74, 6) is 0. The molecule has 0 unspecified atom stereocenters. The average molecular weight is 209 g/mol. The van der Waals surface area contributed by atoms with Crippen LogP contribution in [-0.4, -0.2) is 15.0 Å². The molecule has 1 aromatic carbocycles. The largest absolute Gasteiger partial charge is 0.361 e. The number of fused-ring (bicyclic) bond motifs is 1. The Morgan fingerprint density at radius 3 is 2.69 bits per heavy atom. The van der Waals surface area contributed by atoms with Crippen molar-refractivity contribution in [1.29, 1.82) is 0 Å². The summed E-state index contributed by atoms with van der Waals surface area (Å²) < 4.78 is 0. The first-order chi connectivity index (χ1) is 7.84. The third-order valence-corrected chi connectivity index (χ3v) is 2.78. The number of aryl methyl sites for hydroxylation is 1. The Balaban J connectivity index is 2.19. The van der Waals surface area contributed by atoms with Crippen molar-refractivity contribution in [2.75, 3.05) is 0 Å². The second-order valence-corrected chi connectivity index (χ2v) is 3.86. The summed E-state index contributed by atoms with van der Waals surface area (Å²) in [4.78, 5) is 11.3. The minimum Gasteiger partial charge on any atom is -0.361 e. The number of rotatable bonds is 1. The molecule has 0 radical (unpaired) electrons. The van der Waals surface area contributed by atoms with Crippen LogP contribution in [0.3, 0.4) is 0 Å². The highest BCUT2D eigenvalue weighted by atomic mass is 14.8. The van der Waals surface area contributed by atoms with Crippen LogP contribution in [0.1, 0.15) is 5.56 Å². The van der Waals surface area contributed by atoms with E-state index >= 15 is 0 Å². The quantitative estimate of drug-likeness (QED) is 0.669. The van der Waals surface area contributed by atoms with Crippen molar-refractivity contribution < 1.29 is 0 Å². The number of hydrogen-bond acceptors (Lipinski definition) is 2. The second-order valence-electron chi connectivity index (χ2n) is 3.86. The molecular formula is C13H11N3. The van der Waals surface area contributed by atoms with Gasteiger partial charge in [-0.2, -0.15) is 0 Å². The van der Waals surface area contributed by atoms with Gasteiger partial charge < -0.3 is 4.98 Å². The molecule has 0 amide bonds. The van der Waals surface area contributed by atoms with Crippen LogP contribution >= 0.6 is 0 Å². The first-order valence-corrected chi connectivity index (χ1v) is 5.18. The Bertz CT molecular complexity index is 626. The molecule has 0 fully saturated rings. The predicted molar refractivity (Wildman–Crippen MR) is 64.1 cm³/mol. The molecule has 3 rings (SSSR count). The molecule has 2 heterocycles. The van der Waals surface area contributed by atoms with Crippen LogP contribution in [0.15, 0.2) is 43.1 Å². The highest BCUT2D eigenvalue weighted by molar-refractivity contribution is 5.87. The maximum atomic E-state index is 4.03. The van der Waals surface area contributed by atoms with Crippen molar-refractivity contribution in [3.05, 3.63) is 48.7 Å². The standard InChI is InChI=1S/C13H11N3/c1-9-5-16-13-4-10(2-3-12(9)13)11-6-14-8-15-7-11/h2-8,16H,1H3. The Kier molecular flexibility index (Phi) is 1.96. The fourth-order valence-electron chi connectivity index (χ4n) is 1.90. The van der Waals surface area contributed by atoms with E-state index in [2.05, 4.69) is 40.1 Å². The maximum Gasteiger partial charge on any atom is 0.115 e. The van der Waals surface area contributed by atoms with Crippen molar-refractivity contribution in [3.63, 3.8) is 0 Å². The lowest BCUT2D eigenvalue weighted by molar-refractivity contribution is 1.17. The monoisotopic (exact) mass is 209 g/mol. The van der Waals surface area contributed by atoms with Crippen LogP contribution in [0.4, 0.5) is 0 Å². The molecule has 0 saturated carbocycles. The molecule has 3 heteroatoms. The summed E-state index contributed by atoms with van der Waals surface area (Å²) in [5.41, 5.74) is 4.59. The summed E-state index contributed by atoms with van der Waals surface area (Å²) in [6.07, 6.45) is 7.21. The van der Waals surface area contributed by atoms with Crippen LogP contribution in [0.2, 0.25) is 0 Å². The third kappa shape index (κ3) is 1.37. The normalized spacial score (nSPS) is 10.8. The van der Waals surface area contributed by atoms with Gasteiger partial charge in [0.25, 0.3) is 0 Å². The highest BCUT2D eigenvalue weighted by Crippen LogP contribution is 2.24. The summed E-state index contributed by atoms with van der Waals surface area (Å²) in [7, 11) is 0. The van der Waals surface area contributed by atoms with Gasteiger partial charge in [-0.15, -0.1) is 0 Å². The minimum atomic E-state index is 1.04. The van der Waals surface area contributed by atoms with Gasteiger partial charge in [-0.05, 0) is 24.1 Å². The molecule has 3 nitrogen and oxygen atoms in total. The Morgan fingerprint density at radius 2 is 1.88 bits per heavy atom. The van der Waals surface area contributed by atoms with Crippen LogP contribution in [0.25, 0.3) is 22.0 Å². The van der Waals surface area contributed by atoms with E-state index in [1.54, 1.807) is 6.33 Å². The molecule has 2 aromatic heterocycles.